The highest BCUT2D eigenvalue weighted by atomic mass is 19.1. The van der Waals surface area contributed by atoms with E-state index in [0.717, 1.165) is 22.3 Å². The molecule has 188 valence electrons. The van der Waals surface area contributed by atoms with Crippen LogP contribution in [0.25, 0.3) is 0 Å². The van der Waals surface area contributed by atoms with Gasteiger partial charge < -0.3 is 15.0 Å². The summed E-state index contributed by atoms with van der Waals surface area (Å²) in [6.45, 7) is 8.26. The molecular weight excluding hydrogens is 455 g/mol. The van der Waals surface area contributed by atoms with E-state index >= 15 is 0 Å². The highest BCUT2D eigenvalue weighted by Crippen LogP contribution is 2.38. The van der Waals surface area contributed by atoms with Gasteiger partial charge in [-0.1, -0.05) is 44.2 Å². The zero-order chi connectivity index (χ0) is 25.8. The number of benzene rings is 3. The van der Waals surface area contributed by atoms with Crippen molar-refractivity contribution in [3.8, 4) is 5.75 Å². The van der Waals surface area contributed by atoms with Gasteiger partial charge >= 0.3 is 0 Å². The molecular formula is C30H33FN2O3. The van der Waals surface area contributed by atoms with Crippen LogP contribution in [0.2, 0.25) is 0 Å². The molecule has 1 aliphatic heterocycles. The lowest BCUT2D eigenvalue weighted by Gasteiger charge is -2.38. The number of ether oxygens (including phenoxy) is 1. The van der Waals surface area contributed by atoms with E-state index in [0.29, 0.717) is 30.8 Å². The molecule has 0 saturated carbocycles. The van der Waals surface area contributed by atoms with E-state index in [4.69, 9.17) is 4.74 Å². The minimum Gasteiger partial charge on any atom is -0.481 e. The normalized spacial score (nSPS) is 15.8. The Labute approximate surface area is 212 Å². The lowest BCUT2D eigenvalue weighted by Crippen LogP contribution is -2.41. The van der Waals surface area contributed by atoms with Gasteiger partial charge in [0, 0.05) is 18.7 Å². The summed E-state index contributed by atoms with van der Waals surface area (Å²) < 4.78 is 20.2. The minimum absolute atomic E-state index is 0.0436. The minimum atomic E-state index is -0.738. The number of anilines is 1. The van der Waals surface area contributed by atoms with Crippen LogP contribution in [-0.4, -0.2) is 29.4 Å². The van der Waals surface area contributed by atoms with Crippen LogP contribution in [0.5, 0.6) is 5.75 Å². The molecule has 0 bridgehead atoms. The average molecular weight is 489 g/mol. The molecule has 0 unspecified atom stereocenters. The molecule has 5 nitrogen and oxygen atoms in total. The van der Waals surface area contributed by atoms with Crippen molar-refractivity contribution in [2.45, 2.75) is 52.7 Å². The molecule has 0 saturated heterocycles. The summed E-state index contributed by atoms with van der Waals surface area (Å²) in [6, 6.07) is 19.3. The van der Waals surface area contributed by atoms with E-state index in [1.54, 1.807) is 13.0 Å². The number of hydrogen-bond donors (Lipinski definition) is 1. The van der Waals surface area contributed by atoms with Gasteiger partial charge in [0.05, 0.1) is 6.04 Å². The fourth-order valence-electron chi connectivity index (χ4n) is 4.66. The van der Waals surface area contributed by atoms with Crippen molar-refractivity contribution >= 4 is 17.5 Å². The first-order valence-corrected chi connectivity index (χ1v) is 12.4. The van der Waals surface area contributed by atoms with Crippen molar-refractivity contribution in [1.82, 2.24) is 4.90 Å². The molecule has 1 N–H and O–H groups in total. The third-order valence-corrected chi connectivity index (χ3v) is 6.38. The van der Waals surface area contributed by atoms with E-state index in [1.165, 1.54) is 12.1 Å². The fourth-order valence-corrected chi connectivity index (χ4v) is 4.66. The molecule has 2 atom stereocenters. The van der Waals surface area contributed by atoms with Crippen molar-refractivity contribution in [2.75, 3.05) is 11.9 Å². The van der Waals surface area contributed by atoms with Crippen molar-refractivity contribution in [3.05, 3.63) is 94.8 Å². The Hall–Kier alpha value is -3.67. The van der Waals surface area contributed by atoms with Crippen LogP contribution < -0.4 is 10.1 Å². The van der Waals surface area contributed by atoms with Gasteiger partial charge in [-0.3, -0.25) is 9.59 Å². The van der Waals surface area contributed by atoms with Crippen molar-refractivity contribution < 1.29 is 18.7 Å². The number of carbonyl (C=O) groups is 2. The first kappa shape index (κ1) is 25.4. The van der Waals surface area contributed by atoms with Crippen LogP contribution in [0.1, 0.15) is 55.5 Å². The summed E-state index contributed by atoms with van der Waals surface area (Å²) >= 11 is 0. The van der Waals surface area contributed by atoms with E-state index in [9.17, 15) is 14.0 Å². The molecule has 1 heterocycles. The average Bonchev–Trinajstić information content (AvgIpc) is 2.82. The summed E-state index contributed by atoms with van der Waals surface area (Å²) in [7, 11) is 0. The van der Waals surface area contributed by atoms with E-state index in [-0.39, 0.29) is 23.5 Å². The summed E-state index contributed by atoms with van der Waals surface area (Å²) in [5.74, 6) is 0.190. The van der Waals surface area contributed by atoms with Crippen LogP contribution in [0.15, 0.2) is 66.7 Å². The van der Waals surface area contributed by atoms with Gasteiger partial charge in [0.25, 0.3) is 5.91 Å². The van der Waals surface area contributed by atoms with E-state index in [2.05, 4.69) is 5.32 Å². The van der Waals surface area contributed by atoms with Gasteiger partial charge in [0.2, 0.25) is 5.91 Å². The van der Waals surface area contributed by atoms with Crippen molar-refractivity contribution in [3.63, 3.8) is 0 Å². The molecule has 4 rings (SSSR count). The smallest absolute Gasteiger partial charge is 0.265 e. The summed E-state index contributed by atoms with van der Waals surface area (Å²) in [5.41, 5.74) is 4.47. The number of nitrogens with one attached hydrogen (secondary N) is 1. The lowest BCUT2D eigenvalue weighted by atomic mass is 9.87. The Balaban J connectivity index is 1.61. The molecule has 36 heavy (non-hydrogen) atoms. The second-order valence-electron chi connectivity index (χ2n) is 9.87. The summed E-state index contributed by atoms with van der Waals surface area (Å²) in [4.78, 5) is 27.8. The first-order valence-electron chi connectivity index (χ1n) is 12.4. The SMILES string of the molecule is Cc1cccc(NC(=O)[C@@H](C)Oc2ccc3c(c2)[C@H](c2cccc(F)c2)N(C(=O)CC(C)C)CC3)c1. The molecule has 0 spiro atoms. The Kier molecular flexibility index (Phi) is 7.73. The Morgan fingerprint density at radius 2 is 1.83 bits per heavy atom. The van der Waals surface area contributed by atoms with E-state index < -0.39 is 12.1 Å². The predicted molar refractivity (Wildman–Crippen MR) is 139 cm³/mol. The number of fused-ring (bicyclic) bond motifs is 1. The van der Waals surface area contributed by atoms with Crippen LogP contribution in [0.3, 0.4) is 0 Å². The zero-order valence-electron chi connectivity index (χ0n) is 21.3. The number of carbonyl (C=O) groups excluding carboxylic acids is 2. The maximum atomic E-state index is 14.2. The molecule has 2 amide bonds. The molecule has 0 aliphatic carbocycles. The molecule has 3 aromatic rings. The van der Waals surface area contributed by atoms with E-state index in [1.807, 2.05) is 74.2 Å². The van der Waals surface area contributed by atoms with Crippen LogP contribution in [0, 0.1) is 18.7 Å². The van der Waals surface area contributed by atoms with Gasteiger partial charge in [0.1, 0.15) is 11.6 Å². The first-order chi connectivity index (χ1) is 17.2. The number of halogens is 1. The van der Waals surface area contributed by atoms with Gasteiger partial charge in [-0.15, -0.1) is 0 Å². The highest BCUT2D eigenvalue weighted by molar-refractivity contribution is 5.94. The quantitative estimate of drug-likeness (QED) is 0.440. The number of aryl methyl sites for hydroxylation is 1. The van der Waals surface area contributed by atoms with Crippen LogP contribution in [0.4, 0.5) is 10.1 Å². The monoisotopic (exact) mass is 488 g/mol. The maximum Gasteiger partial charge on any atom is 0.265 e. The van der Waals surface area contributed by atoms with Crippen LogP contribution >= 0.6 is 0 Å². The number of amides is 2. The fraction of sp³-hybridized carbons (Fsp3) is 0.333. The topological polar surface area (TPSA) is 58.6 Å². The maximum absolute atomic E-state index is 14.2. The van der Waals surface area contributed by atoms with Gasteiger partial charge in [-0.2, -0.15) is 0 Å². The second-order valence-corrected chi connectivity index (χ2v) is 9.87. The van der Waals surface area contributed by atoms with Gasteiger partial charge in [0.15, 0.2) is 6.10 Å². The van der Waals surface area contributed by atoms with Gasteiger partial charge in [-0.05, 0) is 84.8 Å². The molecule has 1 aliphatic rings. The standard InChI is InChI=1S/C30H33FN2O3/c1-19(2)15-28(34)33-14-13-22-11-12-26(18-27(22)29(33)23-8-6-9-24(31)17-23)36-21(4)30(35)32-25-10-5-7-20(3)16-25/h5-12,16-19,21,29H,13-15H2,1-4H3,(H,32,35)/t21-,29+/m1/s1. The second kappa shape index (κ2) is 10.9. The summed E-state index contributed by atoms with van der Waals surface area (Å²) in [6.07, 6.45) is 0.390. The van der Waals surface area contributed by atoms with Crippen molar-refractivity contribution in [2.24, 2.45) is 5.92 Å². The predicted octanol–water partition coefficient (Wildman–Crippen LogP) is 6.06. The van der Waals surface area contributed by atoms with Crippen molar-refractivity contribution in [1.29, 1.82) is 0 Å². The Morgan fingerprint density at radius 3 is 2.56 bits per heavy atom. The largest absolute Gasteiger partial charge is 0.481 e. The zero-order valence-corrected chi connectivity index (χ0v) is 21.3. The molecule has 0 radical (unpaired) electrons. The Morgan fingerprint density at radius 1 is 1.06 bits per heavy atom. The Bertz CT molecular complexity index is 1260. The van der Waals surface area contributed by atoms with Gasteiger partial charge in [-0.25, -0.2) is 4.39 Å². The van der Waals surface area contributed by atoms with Crippen LogP contribution in [-0.2, 0) is 16.0 Å². The molecule has 6 heteroatoms. The number of rotatable bonds is 7. The number of hydrogen-bond acceptors (Lipinski definition) is 3. The lowest BCUT2D eigenvalue weighted by molar-refractivity contribution is -0.134. The third-order valence-electron chi connectivity index (χ3n) is 6.38. The highest BCUT2D eigenvalue weighted by Gasteiger charge is 2.33. The third kappa shape index (κ3) is 5.93. The summed E-state index contributed by atoms with van der Waals surface area (Å²) in [5, 5.41) is 2.89. The molecule has 0 fully saturated rings. The number of nitrogens with zero attached hydrogens (tertiary/aromatic N) is 1. The molecule has 0 aromatic heterocycles. The molecule has 3 aromatic carbocycles.